The number of nitrogens with two attached hydrogens (primary N) is 1. The summed E-state index contributed by atoms with van der Waals surface area (Å²) in [5.41, 5.74) is 8.14. The topological polar surface area (TPSA) is 44.5 Å². The van der Waals surface area contributed by atoms with Crippen LogP contribution in [0.15, 0.2) is 36.4 Å². The molecule has 2 N–H and O–H groups in total. The molecule has 0 amide bonds. The molecule has 1 aliphatic heterocycles. The van der Waals surface area contributed by atoms with E-state index < -0.39 is 0 Å². The smallest absolute Gasteiger partial charge is 0.131 e. The molecule has 20 heavy (non-hydrogen) atoms. The van der Waals surface area contributed by atoms with E-state index in [4.69, 9.17) is 15.2 Å². The quantitative estimate of drug-likeness (QED) is 0.935. The largest absolute Gasteiger partial charge is 0.497 e. The number of methoxy groups -OCH3 is 1. The molecule has 4 heteroatoms. The molecule has 0 saturated carbocycles. The van der Waals surface area contributed by atoms with Gasteiger partial charge in [-0.3, -0.25) is 0 Å². The molecule has 3 nitrogen and oxygen atoms in total. The molecule has 1 aliphatic rings. The first-order valence-electron chi connectivity index (χ1n) is 6.55. The summed E-state index contributed by atoms with van der Waals surface area (Å²) < 4.78 is 24.9. The van der Waals surface area contributed by atoms with Crippen molar-refractivity contribution < 1.29 is 13.9 Å². The fourth-order valence-electron chi connectivity index (χ4n) is 2.53. The Morgan fingerprint density at radius 3 is 2.95 bits per heavy atom. The van der Waals surface area contributed by atoms with Crippen LogP contribution in [0.3, 0.4) is 0 Å². The minimum absolute atomic E-state index is 0.0730. The maximum atomic E-state index is 13.8. The fraction of sp³-hybridized carbons (Fsp3) is 0.250. The van der Waals surface area contributed by atoms with Crippen molar-refractivity contribution in [3.8, 4) is 22.6 Å². The third kappa shape index (κ3) is 2.23. The summed E-state index contributed by atoms with van der Waals surface area (Å²) in [6.45, 7) is 0.424. The fourth-order valence-corrected chi connectivity index (χ4v) is 2.53. The molecular weight excluding hydrogens is 257 g/mol. The second kappa shape index (κ2) is 5.13. The molecule has 2 aromatic carbocycles. The molecule has 0 aromatic heterocycles. The van der Waals surface area contributed by atoms with E-state index in [9.17, 15) is 4.39 Å². The Labute approximate surface area is 117 Å². The molecule has 0 aliphatic carbocycles. The van der Waals surface area contributed by atoms with Gasteiger partial charge in [-0.05, 0) is 29.8 Å². The summed E-state index contributed by atoms with van der Waals surface area (Å²) in [7, 11) is 1.61. The lowest BCUT2D eigenvalue weighted by Gasteiger charge is -2.12. The third-order valence-electron chi connectivity index (χ3n) is 3.51. The Hall–Kier alpha value is -2.07. The van der Waals surface area contributed by atoms with Gasteiger partial charge < -0.3 is 15.2 Å². The number of halogens is 1. The van der Waals surface area contributed by atoms with Crippen molar-refractivity contribution in [3.05, 3.63) is 47.8 Å². The van der Waals surface area contributed by atoms with E-state index in [2.05, 4.69) is 0 Å². The summed E-state index contributed by atoms with van der Waals surface area (Å²) in [5, 5.41) is 0. The minimum atomic E-state index is -0.261. The summed E-state index contributed by atoms with van der Waals surface area (Å²) in [5.74, 6) is 1.20. The van der Waals surface area contributed by atoms with Crippen molar-refractivity contribution in [3.63, 3.8) is 0 Å². The van der Waals surface area contributed by atoms with E-state index >= 15 is 0 Å². The zero-order chi connectivity index (χ0) is 14.1. The molecule has 1 heterocycles. The van der Waals surface area contributed by atoms with Crippen LogP contribution in [0.25, 0.3) is 11.1 Å². The maximum Gasteiger partial charge on any atom is 0.131 e. The standard InChI is InChI=1S/C16H16FNO2/c1-19-13-4-2-3-10(6-13)15-8-12(17)5-11-7-14(9-18)20-16(11)15/h2-6,8,14H,7,9,18H2,1H3. The van der Waals surface area contributed by atoms with Gasteiger partial charge in [0.1, 0.15) is 23.4 Å². The number of fused-ring (bicyclic) bond motifs is 1. The highest BCUT2D eigenvalue weighted by molar-refractivity contribution is 5.74. The second-order valence-corrected chi connectivity index (χ2v) is 4.85. The Morgan fingerprint density at radius 1 is 1.35 bits per heavy atom. The highest BCUT2D eigenvalue weighted by Gasteiger charge is 2.26. The second-order valence-electron chi connectivity index (χ2n) is 4.85. The number of rotatable bonds is 3. The van der Waals surface area contributed by atoms with Crippen LogP contribution in [0.4, 0.5) is 4.39 Å². The van der Waals surface area contributed by atoms with Gasteiger partial charge in [-0.2, -0.15) is 0 Å². The molecule has 0 fully saturated rings. The van der Waals surface area contributed by atoms with Crippen molar-refractivity contribution in [1.29, 1.82) is 0 Å². The van der Waals surface area contributed by atoms with Gasteiger partial charge in [-0.15, -0.1) is 0 Å². The third-order valence-corrected chi connectivity index (χ3v) is 3.51. The number of benzene rings is 2. The van der Waals surface area contributed by atoms with Crippen molar-refractivity contribution in [2.24, 2.45) is 5.73 Å². The van der Waals surface area contributed by atoms with Crippen molar-refractivity contribution in [1.82, 2.24) is 0 Å². The van der Waals surface area contributed by atoms with Crippen LogP contribution < -0.4 is 15.2 Å². The van der Waals surface area contributed by atoms with Crippen molar-refractivity contribution in [2.75, 3.05) is 13.7 Å². The lowest BCUT2D eigenvalue weighted by molar-refractivity contribution is 0.242. The van der Waals surface area contributed by atoms with Crippen LogP contribution in [0.2, 0.25) is 0 Å². The van der Waals surface area contributed by atoms with E-state index in [1.54, 1.807) is 7.11 Å². The van der Waals surface area contributed by atoms with E-state index in [1.807, 2.05) is 24.3 Å². The Bertz CT molecular complexity index is 642. The average molecular weight is 273 g/mol. The molecule has 1 unspecified atom stereocenters. The molecule has 104 valence electrons. The lowest BCUT2D eigenvalue weighted by atomic mass is 10.00. The van der Waals surface area contributed by atoms with Gasteiger partial charge in [-0.1, -0.05) is 12.1 Å². The zero-order valence-corrected chi connectivity index (χ0v) is 11.2. The van der Waals surface area contributed by atoms with E-state index in [0.29, 0.717) is 13.0 Å². The lowest BCUT2D eigenvalue weighted by Crippen LogP contribution is -2.24. The first kappa shape index (κ1) is 12.9. The summed E-state index contributed by atoms with van der Waals surface area (Å²) >= 11 is 0. The van der Waals surface area contributed by atoms with E-state index in [1.165, 1.54) is 12.1 Å². The maximum absolute atomic E-state index is 13.8. The van der Waals surface area contributed by atoms with Crippen LogP contribution in [0.1, 0.15) is 5.56 Å². The van der Waals surface area contributed by atoms with Crippen molar-refractivity contribution >= 4 is 0 Å². The van der Waals surface area contributed by atoms with Gasteiger partial charge in [0, 0.05) is 24.1 Å². The van der Waals surface area contributed by atoms with Gasteiger partial charge >= 0.3 is 0 Å². The molecule has 0 bridgehead atoms. The number of hydrogen-bond acceptors (Lipinski definition) is 3. The highest BCUT2D eigenvalue weighted by atomic mass is 19.1. The van der Waals surface area contributed by atoms with Gasteiger partial charge in [0.15, 0.2) is 0 Å². The van der Waals surface area contributed by atoms with E-state index in [-0.39, 0.29) is 11.9 Å². The Balaban J connectivity index is 2.10. The first-order valence-corrected chi connectivity index (χ1v) is 6.55. The molecule has 0 spiro atoms. The average Bonchev–Trinajstić information content (AvgIpc) is 2.89. The first-order chi connectivity index (χ1) is 9.71. The summed E-state index contributed by atoms with van der Waals surface area (Å²) in [6, 6.07) is 10.5. The van der Waals surface area contributed by atoms with Gasteiger partial charge in [0.25, 0.3) is 0 Å². The van der Waals surface area contributed by atoms with Gasteiger partial charge in [0.2, 0.25) is 0 Å². The summed E-state index contributed by atoms with van der Waals surface area (Å²) in [6.07, 6.45) is 0.580. The number of ether oxygens (including phenoxy) is 2. The van der Waals surface area contributed by atoms with Gasteiger partial charge in [-0.25, -0.2) is 4.39 Å². The van der Waals surface area contributed by atoms with Crippen LogP contribution in [-0.2, 0) is 6.42 Å². The van der Waals surface area contributed by atoms with Crippen LogP contribution in [0.5, 0.6) is 11.5 Å². The molecule has 2 aromatic rings. The zero-order valence-electron chi connectivity index (χ0n) is 11.2. The van der Waals surface area contributed by atoms with Crippen LogP contribution >= 0.6 is 0 Å². The molecule has 3 rings (SSSR count). The normalized spacial score (nSPS) is 16.6. The minimum Gasteiger partial charge on any atom is -0.497 e. The predicted molar refractivity (Wildman–Crippen MR) is 75.6 cm³/mol. The van der Waals surface area contributed by atoms with Gasteiger partial charge in [0.05, 0.1) is 7.11 Å². The molecular formula is C16H16FNO2. The Morgan fingerprint density at radius 2 is 2.20 bits per heavy atom. The summed E-state index contributed by atoms with van der Waals surface area (Å²) in [4.78, 5) is 0. The SMILES string of the molecule is COc1cccc(-c2cc(F)cc3c2OC(CN)C3)c1. The van der Waals surface area contributed by atoms with Crippen molar-refractivity contribution in [2.45, 2.75) is 12.5 Å². The van der Waals surface area contributed by atoms with Crippen LogP contribution in [-0.4, -0.2) is 19.8 Å². The molecule has 0 radical (unpaired) electrons. The molecule has 0 saturated heterocycles. The molecule has 1 atom stereocenters. The van der Waals surface area contributed by atoms with E-state index in [0.717, 1.165) is 28.2 Å². The highest BCUT2D eigenvalue weighted by Crippen LogP contribution is 2.40. The monoisotopic (exact) mass is 273 g/mol. The number of hydrogen-bond donors (Lipinski definition) is 1. The predicted octanol–water partition coefficient (Wildman–Crippen LogP) is 2.76. The van der Waals surface area contributed by atoms with Crippen LogP contribution in [0, 0.1) is 5.82 Å². The Kier molecular flexibility index (Phi) is 3.32.